The molecule has 0 aliphatic heterocycles. The number of rotatable bonds is 3. The third-order valence-corrected chi connectivity index (χ3v) is 2.45. The maximum atomic E-state index is 13.3. The minimum atomic E-state index is -0.926. The van der Waals surface area contributed by atoms with Crippen molar-refractivity contribution in [1.82, 2.24) is 0 Å². The van der Waals surface area contributed by atoms with Crippen LogP contribution in [0.25, 0.3) is 0 Å². The van der Waals surface area contributed by atoms with Gasteiger partial charge in [0.25, 0.3) is 0 Å². The summed E-state index contributed by atoms with van der Waals surface area (Å²) in [4.78, 5) is 0. The van der Waals surface area contributed by atoms with Crippen molar-refractivity contribution in [2.45, 2.75) is 51.8 Å². The van der Waals surface area contributed by atoms with Crippen molar-refractivity contribution in [3.8, 4) is 0 Å². The van der Waals surface area contributed by atoms with Gasteiger partial charge in [-0.3, -0.25) is 0 Å². The molecule has 0 aromatic rings. The van der Waals surface area contributed by atoms with E-state index in [4.69, 9.17) is 4.74 Å². The van der Waals surface area contributed by atoms with Gasteiger partial charge < -0.3 is 4.74 Å². The highest BCUT2D eigenvalue weighted by Crippen LogP contribution is 2.37. The topological polar surface area (TPSA) is 9.23 Å². The first-order valence-corrected chi connectivity index (χ1v) is 4.80. The second-order valence-electron chi connectivity index (χ2n) is 4.40. The van der Waals surface area contributed by atoms with E-state index in [0.29, 0.717) is 18.8 Å². The lowest BCUT2D eigenvalue weighted by atomic mass is 10.1. The lowest BCUT2D eigenvalue weighted by Crippen LogP contribution is -2.15. The summed E-state index contributed by atoms with van der Waals surface area (Å²) in [7, 11) is 0. The molecule has 1 aliphatic carbocycles. The summed E-state index contributed by atoms with van der Waals surface area (Å²) in [6.45, 7) is 6.47. The highest BCUT2D eigenvalue weighted by atomic mass is 19.1. The van der Waals surface area contributed by atoms with Gasteiger partial charge in [0.05, 0.1) is 6.10 Å². The molecule has 1 fully saturated rings. The number of hydrogen-bond acceptors (Lipinski definition) is 1. The minimum absolute atomic E-state index is 0.275. The van der Waals surface area contributed by atoms with Gasteiger partial charge in [-0.2, -0.15) is 0 Å². The summed E-state index contributed by atoms with van der Waals surface area (Å²) in [5, 5.41) is 0. The molecule has 0 aromatic heterocycles. The van der Waals surface area contributed by atoms with E-state index in [9.17, 15) is 4.39 Å². The molecule has 1 rings (SSSR count). The van der Waals surface area contributed by atoms with Gasteiger partial charge in [0.15, 0.2) is 0 Å². The summed E-state index contributed by atoms with van der Waals surface area (Å²) in [6.07, 6.45) is 2.65. The van der Waals surface area contributed by atoms with Crippen LogP contribution in [0, 0.1) is 5.92 Å². The summed E-state index contributed by atoms with van der Waals surface area (Å²) in [5.41, 5.74) is -0.926. The van der Waals surface area contributed by atoms with Crippen LogP contribution >= 0.6 is 0 Å². The van der Waals surface area contributed by atoms with Crippen LogP contribution < -0.4 is 0 Å². The Labute approximate surface area is 74.3 Å². The fourth-order valence-electron chi connectivity index (χ4n) is 1.78. The molecule has 0 N–H and O–H groups in total. The number of halogens is 1. The molecule has 1 nitrogen and oxygen atoms in total. The highest BCUT2D eigenvalue weighted by molar-refractivity contribution is 4.85. The third-order valence-electron chi connectivity index (χ3n) is 2.45. The lowest BCUT2D eigenvalue weighted by molar-refractivity contribution is 0.0478. The number of hydrogen-bond donors (Lipinski definition) is 0. The molecule has 0 saturated heterocycles. The Bertz CT molecular complexity index is 143. The smallest absolute Gasteiger partial charge is 0.108 e. The molecule has 0 bridgehead atoms. The van der Waals surface area contributed by atoms with E-state index in [0.717, 1.165) is 13.0 Å². The largest absolute Gasteiger partial charge is 0.379 e. The van der Waals surface area contributed by atoms with E-state index in [2.05, 4.69) is 0 Å². The number of alkyl halides is 1. The second kappa shape index (κ2) is 3.73. The maximum absolute atomic E-state index is 13.3. The molecule has 12 heavy (non-hydrogen) atoms. The molecule has 1 saturated carbocycles. The van der Waals surface area contributed by atoms with Crippen molar-refractivity contribution in [1.29, 1.82) is 0 Å². The summed E-state index contributed by atoms with van der Waals surface area (Å²) < 4.78 is 18.8. The summed E-state index contributed by atoms with van der Waals surface area (Å²) in [5.74, 6) is 0.447. The van der Waals surface area contributed by atoms with Gasteiger partial charge in [-0.25, -0.2) is 4.39 Å². The molecule has 2 unspecified atom stereocenters. The molecular weight excluding hydrogens is 155 g/mol. The van der Waals surface area contributed by atoms with Crippen LogP contribution in [-0.4, -0.2) is 18.4 Å². The van der Waals surface area contributed by atoms with Crippen molar-refractivity contribution in [3.63, 3.8) is 0 Å². The molecule has 2 atom stereocenters. The average Bonchev–Trinajstić information content (AvgIpc) is 2.26. The standard InChI is InChI=1S/C10H19FO/c1-8(2)12-7-9-4-5-10(3,11)6-9/h8-9H,4-7H2,1-3H3. The summed E-state index contributed by atoms with van der Waals surface area (Å²) in [6, 6.07) is 0. The van der Waals surface area contributed by atoms with Gasteiger partial charge in [-0.05, 0) is 46.0 Å². The van der Waals surface area contributed by atoms with Gasteiger partial charge in [0, 0.05) is 6.61 Å². The first kappa shape index (κ1) is 9.97. The molecule has 0 radical (unpaired) electrons. The average molecular weight is 174 g/mol. The predicted octanol–water partition coefficient (Wildman–Crippen LogP) is 2.94. The Kier molecular flexibility index (Phi) is 3.10. The Morgan fingerprint density at radius 2 is 2.25 bits per heavy atom. The molecule has 0 heterocycles. The van der Waals surface area contributed by atoms with Crippen LogP contribution in [0.4, 0.5) is 4.39 Å². The Morgan fingerprint density at radius 3 is 2.67 bits per heavy atom. The molecule has 72 valence electrons. The van der Waals surface area contributed by atoms with Crippen molar-refractivity contribution < 1.29 is 9.13 Å². The van der Waals surface area contributed by atoms with Crippen molar-refractivity contribution in [2.75, 3.05) is 6.61 Å². The highest BCUT2D eigenvalue weighted by Gasteiger charge is 2.34. The van der Waals surface area contributed by atoms with Crippen molar-refractivity contribution >= 4 is 0 Å². The molecule has 1 aliphatic rings. The molecular formula is C10H19FO. The van der Waals surface area contributed by atoms with Gasteiger partial charge in [-0.15, -0.1) is 0 Å². The van der Waals surface area contributed by atoms with Gasteiger partial charge in [0.1, 0.15) is 5.67 Å². The van der Waals surface area contributed by atoms with Gasteiger partial charge >= 0.3 is 0 Å². The van der Waals surface area contributed by atoms with E-state index in [-0.39, 0.29) is 6.10 Å². The second-order valence-corrected chi connectivity index (χ2v) is 4.40. The first-order valence-electron chi connectivity index (χ1n) is 4.80. The Balaban J connectivity index is 2.20. The SMILES string of the molecule is CC(C)OCC1CCC(C)(F)C1. The molecule has 0 amide bonds. The van der Waals surface area contributed by atoms with Gasteiger partial charge in [0.2, 0.25) is 0 Å². The van der Waals surface area contributed by atoms with Gasteiger partial charge in [-0.1, -0.05) is 0 Å². The normalized spacial score (nSPS) is 36.2. The van der Waals surface area contributed by atoms with E-state index in [1.807, 2.05) is 13.8 Å². The maximum Gasteiger partial charge on any atom is 0.108 e. The van der Waals surface area contributed by atoms with E-state index < -0.39 is 5.67 Å². The fraction of sp³-hybridized carbons (Fsp3) is 1.00. The van der Waals surface area contributed by atoms with Crippen LogP contribution in [0.2, 0.25) is 0 Å². The van der Waals surface area contributed by atoms with Crippen molar-refractivity contribution in [3.05, 3.63) is 0 Å². The summed E-state index contributed by atoms with van der Waals surface area (Å²) >= 11 is 0. The zero-order chi connectivity index (χ0) is 9.19. The quantitative estimate of drug-likeness (QED) is 0.639. The molecule has 0 aromatic carbocycles. The lowest BCUT2D eigenvalue weighted by Gasteiger charge is -2.14. The van der Waals surface area contributed by atoms with Crippen LogP contribution in [-0.2, 0) is 4.74 Å². The zero-order valence-electron chi connectivity index (χ0n) is 8.27. The number of ether oxygens (including phenoxy) is 1. The monoisotopic (exact) mass is 174 g/mol. The zero-order valence-corrected chi connectivity index (χ0v) is 8.27. The predicted molar refractivity (Wildman–Crippen MR) is 47.9 cm³/mol. The minimum Gasteiger partial charge on any atom is -0.379 e. The molecule has 2 heteroatoms. The Hall–Kier alpha value is -0.110. The first-order chi connectivity index (χ1) is 5.49. The van der Waals surface area contributed by atoms with Crippen molar-refractivity contribution in [2.24, 2.45) is 5.92 Å². The Morgan fingerprint density at radius 1 is 1.58 bits per heavy atom. The molecule has 0 spiro atoms. The van der Waals surface area contributed by atoms with Crippen LogP contribution in [0.15, 0.2) is 0 Å². The van der Waals surface area contributed by atoms with E-state index >= 15 is 0 Å². The van der Waals surface area contributed by atoms with Crippen LogP contribution in [0.3, 0.4) is 0 Å². The van der Waals surface area contributed by atoms with E-state index in [1.54, 1.807) is 6.92 Å². The fourth-order valence-corrected chi connectivity index (χ4v) is 1.78. The van der Waals surface area contributed by atoms with Crippen LogP contribution in [0.5, 0.6) is 0 Å². The van der Waals surface area contributed by atoms with E-state index in [1.165, 1.54) is 0 Å². The third kappa shape index (κ3) is 3.10. The van der Waals surface area contributed by atoms with Crippen LogP contribution in [0.1, 0.15) is 40.0 Å².